The quantitative estimate of drug-likeness (QED) is 0.741. The summed E-state index contributed by atoms with van der Waals surface area (Å²) in [6.07, 6.45) is 4.12. The molecule has 1 N–H and O–H groups in total. The van der Waals surface area contributed by atoms with Gasteiger partial charge in [0.25, 0.3) is 0 Å². The molecule has 0 fully saturated rings. The Labute approximate surface area is 104 Å². The number of nitrogens with one attached hydrogen (secondary N) is 1. The van der Waals surface area contributed by atoms with Crippen molar-refractivity contribution in [2.24, 2.45) is 0 Å². The number of hydrogen-bond donors (Lipinski definition) is 1. The molecule has 0 atom stereocenters. The van der Waals surface area contributed by atoms with Gasteiger partial charge in [0.1, 0.15) is 11.6 Å². The number of unbranched alkanes of at least 4 members (excludes halogenated alkanes) is 1. The summed E-state index contributed by atoms with van der Waals surface area (Å²) in [5.74, 6) is 2.45. The third-order valence-corrected chi connectivity index (χ3v) is 2.59. The molecule has 17 heavy (non-hydrogen) atoms. The van der Waals surface area contributed by atoms with Crippen molar-refractivity contribution >= 4 is 5.82 Å². The summed E-state index contributed by atoms with van der Waals surface area (Å²) in [5, 5.41) is 3.09. The Bertz CT molecular complexity index is 353. The van der Waals surface area contributed by atoms with E-state index >= 15 is 0 Å². The minimum atomic E-state index is 0.723. The van der Waals surface area contributed by atoms with Crippen molar-refractivity contribution < 1.29 is 4.74 Å². The van der Waals surface area contributed by atoms with Crippen molar-refractivity contribution in [1.29, 1.82) is 0 Å². The molecule has 0 saturated heterocycles. The normalized spacial score (nSPS) is 10.4. The molecule has 1 aromatic rings. The molecule has 0 radical (unpaired) electrons. The van der Waals surface area contributed by atoms with Crippen LogP contribution in [0.1, 0.15) is 44.5 Å². The van der Waals surface area contributed by atoms with E-state index in [1.165, 1.54) is 0 Å². The predicted octanol–water partition coefficient (Wildman–Crippen LogP) is 2.96. The summed E-state index contributed by atoms with van der Waals surface area (Å²) < 4.78 is 5.72. The summed E-state index contributed by atoms with van der Waals surface area (Å²) in [6.45, 7) is 6.99. The summed E-state index contributed by atoms with van der Waals surface area (Å²) in [5.41, 5.74) is 0.989. The van der Waals surface area contributed by atoms with E-state index in [0.717, 1.165) is 55.4 Å². The van der Waals surface area contributed by atoms with Crippen LogP contribution in [0.4, 0.5) is 5.82 Å². The lowest BCUT2D eigenvalue weighted by atomic mass is 10.3. The SMILES string of the molecule is CCCCOc1nc(CCC)nc(NC)c1C. The van der Waals surface area contributed by atoms with Crippen LogP contribution in [0.5, 0.6) is 5.88 Å². The van der Waals surface area contributed by atoms with Gasteiger partial charge in [-0.25, -0.2) is 4.98 Å². The zero-order chi connectivity index (χ0) is 12.7. The molecule has 0 unspecified atom stereocenters. The Kier molecular flexibility index (Phi) is 5.73. The zero-order valence-electron chi connectivity index (χ0n) is 11.3. The number of ether oxygens (including phenoxy) is 1. The molecule has 0 aliphatic heterocycles. The maximum atomic E-state index is 5.72. The monoisotopic (exact) mass is 237 g/mol. The first-order valence-corrected chi connectivity index (χ1v) is 6.40. The Morgan fingerprint density at radius 3 is 2.53 bits per heavy atom. The molecule has 1 rings (SSSR count). The standard InChI is InChI=1S/C13H23N3O/c1-5-7-9-17-13-10(3)12(14-4)15-11(16-13)8-6-2/h5-9H2,1-4H3,(H,14,15,16). The highest BCUT2D eigenvalue weighted by molar-refractivity contribution is 5.48. The van der Waals surface area contributed by atoms with Gasteiger partial charge in [-0.2, -0.15) is 4.98 Å². The van der Waals surface area contributed by atoms with Crippen LogP contribution in [0.25, 0.3) is 0 Å². The highest BCUT2D eigenvalue weighted by Gasteiger charge is 2.10. The van der Waals surface area contributed by atoms with Gasteiger partial charge in [-0.3, -0.25) is 0 Å². The number of hydrogen-bond acceptors (Lipinski definition) is 4. The molecule has 4 heteroatoms. The molecule has 0 aliphatic carbocycles. The summed E-state index contributed by atoms with van der Waals surface area (Å²) >= 11 is 0. The summed E-state index contributed by atoms with van der Waals surface area (Å²) in [4.78, 5) is 8.94. The lowest BCUT2D eigenvalue weighted by Gasteiger charge is -2.12. The van der Waals surface area contributed by atoms with E-state index in [4.69, 9.17) is 4.74 Å². The van der Waals surface area contributed by atoms with Crippen molar-refractivity contribution in [3.8, 4) is 5.88 Å². The molecule has 0 amide bonds. The largest absolute Gasteiger partial charge is 0.477 e. The Morgan fingerprint density at radius 1 is 1.18 bits per heavy atom. The molecular weight excluding hydrogens is 214 g/mol. The van der Waals surface area contributed by atoms with E-state index < -0.39 is 0 Å². The average Bonchev–Trinajstić information content (AvgIpc) is 2.33. The topological polar surface area (TPSA) is 47.0 Å². The van der Waals surface area contributed by atoms with Crippen LogP contribution in [0.2, 0.25) is 0 Å². The second-order valence-corrected chi connectivity index (χ2v) is 4.12. The second-order valence-electron chi connectivity index (χ2n) is 4.12. The smallest absolute Gasteiger partial charge is 0.221 e. The molecule has 96 valence electrons. The average molecular weight is 237 g/mol. The van der Waals surface area contributed by atoms with Gasteiger partial charge < -0.3 is 10.1 Å². The van der Waals surface area contributed by atoms with Crippen LogP contribution in [-0.4, -0.2) is 23.6 Å². The van der Waals surface area contributed by atoms with Crippen LogP contribution in [-0.2, 0) is 6.42 Å². The van der Waals surface area contributed by atoms with Crippen LogP contribution in [0.3, 0.4) is 0 Å². The van der Waals surface area contributed by atoms with Gasteiger partial charge in [0, 0.05) is 13.5 Å². The number of nitrogens with zero attached hydrogens (tertiary/aromatic N) is 2. The van der Waals surface area contributed by atoms with Crippen molar-refractivity contribution in [2.45, 2.75) is 46.5 Å². The van der Waals surface area contributed by atoms with Gasteiger partial charge >= 0.3 is 0 Å². The minimum Gasteiger partial charge on any atom is -0.477 e. The van der Waals surface area contributed by atoms with Crippen LogP contribution in [0.15, 0.2) is 0 Å². The second kappa shape index (κ2) is 7.09. The van der Waals surface area contributed by atoms with Gasteiger partial charge in [0.2, 0.25) is 5.88 Å². The maximum Gasteiger partial charge on any atom is 0.221 e. The van der Waals surface area contributed by atoms with Gasteiger partial charge in [0.15, 0.2) is 0 Å². The number of aromatic nitrogens is 2. The third-order valence-electron chi connectivity index (χ3n) is 2.59. The van der Waals surface area contributed by atoms with E-state index in [1.54, 1.807) is 0 Å². The first-order valence-electron chi connectivity index (χ1n) is 6.40. The van der Waals surface area contributed by atoms with Crippen LogP contribution in [0, 0.1) is 6.92 Å². The first kappa shape index (κ1) is 13.7. The van der Waals surface area contributed by atoms with Gasteiger partial charge in [-0.15, -0.1) is 0 Å². The minimum absolute atomic E-state index is 0.723. The zero-order valence-corrected chi connectivity index (χ0v) is 11.3. The molecule has 0 aromatic carbocycles. The third kappa shape index (κ3) is 3.88. The fourth-order valence-corrected chi connectivity index (χ4v) is 1.57. The lowest BCUT2D eigenvalue weighted by molar-refractivity contribution is 0.294. The summed E-state index contributed by atoms with van der Waals surface area (Å²) in [7, 11) is 1.88. The fraction of sp³-hybridized carbons (Fsp3) is 0.692. The Balaban J connectivity index is 2.88. The van der Waals surface area contributed by atoms with E-state index in [9.17, 15) is 0 Å². The number of aryl methyl sites for hydroxylation is 1. The molecule has 4 nitrogen and oxygen atoms in total. The van der Waals surface area contributed by atoms with Crippen molar-refractivity contribution in [2.75, 3.05) is 19.0 Å². The molecule has 1 aromatic heterocycles. The molecule has 0 saturated carbocycles. The first-order chi connectivity index (χ1) is 8.22. The van der Waals surface area contributed by atoms with Gasteiger partial charge in [-0.1, -0.05) is 20.3 Å². The fourth-order valence-electron chi connectivity index (χ4n) is 1.57. The van der Waals surface area contributed by atoms with Gasteiger partial charge in [-0.05, 0) is 19.8 Å². The van der Waals surface area contributed by atoms with Crippen LogP contribution >= 0.6 is 0 Å². The molecule has 0 spiro atoms. The highest BCUT2D eigenvalue weighted by atomic mass is 16.5. The predicted molar refractivity (Wildman–Crippen MR) is 70.7 cm³/mol. The Hall–Kier alpha value is -1.32. The number of rotatable bonds is 7. The van der Waals surface area contributed by atoms with Gasteiger partial charge in [0.05, 0.1) is 12.2 Å². The highest BCUT2D eigenvalue weighted by Crippen LogP contribution is 2.22. The van der Waals surface area contributed by atoms with E-state index in [2.05, 4.69) is 29.1 Å². The Morgan fingerprint density at radius 2 is 1.94 bits per heavy atom. The van der Waals surface area contributed by atoms with Crippen LogP contribution < -0.4 is 10.1 Å². The maximum absolute atomic E-state index is 5.72. The molecular formula is C13H23N3O. The summed E-state index contributed by atoms with van der Waals surface area (Å²) in [6, 6.07) is 0. The van der Waals surface area contributed by atoms with Crippen molar-refractivity contribution in [1.82, 2.24) is 9.97 Å². The van der Waals surface area contributed by atoms with E-state index in [0.29, 0.717) is 0 Å². The van der Waals surface area contributed by atoms with E-state index in [-0.39, 0.29) is 0 Å². The lowest BCUT2D eigenvalue weighted by Crippen LogP contribution is -2.08. The molecule has 1 heterocycles. The number of anilines is 1. The molecule has 0 bridgehead atoms. The van der Waals surface area contributed by atoms with Crippen molar-refractivity contribution in [3.63, 3.8) is 0 Å². The van der Waals surface area contributed by atoms with Crippen molar-refractivity contribution in [3.05, 3.63) is 11.4 Å². The van der Waals surface area contributed by atoms with E-state index in [1.807, 2.05) is 14.0 Å². The molecule has 0 aliphatic rings.